The van der Waals surface area contributed by atoms with Crippen LogP contribution in [0.3, 0.4) is 0 Å². The quantitative estimate of drug-likeness (QED) is 0.770. The van der Waals surface area contributed by atoms with Crippen molar-refractivity contribution in [1.82, 2.24) is 9.88 Å². The predicted molar refractivity (Wildman–Crippen MR) is 103 cm³/mol. The van der Waals surface area contributed by atoms with Gasteiger partial charge < -0.3 is 19.8 Å². The van der Waals surface area contributed by atoms with Crippen LogP contribution in [-0.4, -0.2) is 64.0 Å². The first kappa shape index (κ1) is 20.7. The number of phenolic OH excluding ortho intramolecular Hbond substituents is 1. The fourth-order valence-electron chi connectivity index (χ4n) is 2.52. The molecule has 1 fully saturated rings. The van der Waals surface area contributed by atoms with Gasteiger partial charge in [-0.3, -0.25) is 14.6 Å². The fourth-order valence-corrected chi connectivity index (χ4v) is 3.43. The van der Waals surface area contributed by atoms with Crippen LogP contribution in [0.4, 0.5) is 0 Å². The van der Waals surface area contributed by atoms with Crippen LogP contribution in [0, 0.1) is 0 Å². The number of hydrogen-bond acceptors (Lipinski definition) is 7. The standard InChI is InChI=1S/C11H14N2O2S.C8H8O3/c14-8-10-9(2-1-3-12-10)11(15)13-4-6-16-7-5-13;1-11-8-4-2-3-7(10)6(8)5-9/h1-3,14H,4-8H2;2-5,10H,1H3. The Morgan fingerprint density at radius 3 is 2.63 bits per heavy atom. The smallest absolute Gasteiger partial charge is 0.255 e. The molecule has 1 aromatic carbocycles. The largest absolute Gasteiger partial charge is 0.507 e. The summed E-state index contributed by atoms with van der Waals surface area (Å²) in [4.78, 5) is 28.3. The Kier molecular flexibility index (Phi) is 8.09. The van der Waals surface area contributed by atoms with E-state index in [0.717, 1.165) is 24.6 Å². The lowest BCUT2D eigenvalue weighted by molar-refractivity contribution is 0.0768. The molecule has 8 heteroatoms. The molecule has 0 radical (unpaired) electrons. The van der Waals surface area contributed by atoms with E-state index in [4.69, 9.17) is 14.9 Å². The highest BCUT2D eigenvalue weighted by molar-refractivity contribution is 7.99. The topological polar surface area (TPSA) is 100.0 Å². The summed E-state index contributed by atoms with van der Waals surface area (Å²) in [6, 6.07) is 8.12. The van der Waals surface area contributed by atoms with Crippen LogP contribution in [-0.2, 0) is 6.61 Å². The number of carbonyl (C=O) groups is 2. The maximum absolute atomic E-state index is 12.1. The first-order valence-corrected chi connectivity index (χ1v) is 9.50. The van der Waals surface area contributed by atoms with E-state index >= 15 is 0 Å². The molecule has 1 aliphatic rings. The molecule has 1 aliphatic heterocycles. The van der Waals surface area contributed by atoms with Gasteiger partial charge in [0.2, 0.25) is 0 Å². The third-order valence-electron chi connectivity index (χ3n) is 3.95. The average Bonchev–Trinajstić information content (AvgIpc) is 2.74. The summed E-state index contributed by atoms with van der Waals surface area (Å²) in [5, 5.41) is 18.2. The number of hydrogen-bond donors (Lipinski definition) is 2. The molecule has 1 amide bonds. The molecule has 0 unspecified atom stereocenters. The molecule has 0 atom stereocenters. The lowest BCUT2D eigenvalue weighted by Gasteiger charge is -2.26. The molecule has 0 spiro atoms. The molecule has 0 saturated carbocycles. The Morgan fingerprint density at radius 2 is 2.04 bits per heavy atom. The van der Waals surface area contributed by atoms with Crippen LogP contribution in [0.1, 0.15) is 26.4 Å². The highest BCUT2D eigenvalue weighted by Crippen LogP contribution is 2.24. The molecular formula is C19H22N2O5S. The molecule has 0 aliphatic carbocycles. The minimum absolute atomic E-state index is 0.0162. The maximum atomic E-state index is 12.1. The number of aromatic hydroxyl groups is 1. The van der Waals surface area contributed by atoms with Gasteiger partial charge in [-0.25, -0.2) is 0 Å². The number of carbonyl (C=O) groups excluding carboxylic acids is 2. The van der Waals surface area contributed by atoms with E-state index < -0.39 is 0 Å². The minimum atomic E-state index is -0.190. The van der Waals surface area contributed by atoms with E-state index in [1.807, 2.05) is 16.7 Å². The lowest BCUT2D eigenvalue weighted by atomic mass is 10.1. The number of rotatable bonds is 4. The normalized spacial score (nSPS) is 13.3. The Labute approximate surface area is 162 Å². The van der Waals surface area contributed by atoms with E-state index in [9.17, 15) is 9.59 Å². The second-order valence-electron chi connectivity index (χ2n) is 5.57. The van der Waals surface area contributed by atoms with Crippen LogP contribution in [0.5, 0.6) is 11.5 Å². The van der Waals surface area contributed by atoms with E-state index in [1.165, 1.54) is 13.2 Å². The third kappa shape index (κ3) is 5.45. The van der Waals surface area contributed by atoms with E-state index in [2.05, 4.69) is 4.98 Å². The number of nitrogens with zero attached hydrogens (tertiary/aromatic N) is 2. The van der Waals surface area contributed by atoms with Crippen molar-refractivity contribution in [1.29, 1.82) is 0 Å². The SMILES string of the molecule is COc1cccc(O)c1C=O.O=C(c1cccnc1CO)N1CCSCC1. The van der Waals surface area contributed by atoms with Gasteiger partial charge in [0.15, 0.2) is 6.29 Å². The van der Waals surface area contributed by atoms with E-state index in [1.54, 1.807) is 30.5 Å². The van der Waals surface area contributed by atoms with Crippen LogP contribution in [0.15, 0.2) is 36.5 Å². The molecule has 1 aromatic heterocycles. The predicted octanol–water partition coefficient (Wildman–Crippen LogP) is 1.98. The van der Waals surface area contributed by atoms with Gasteiger partial charge in [-0.15, -0.1) is 0 Å². The van der Waals surface area contributed by atoms with E-state index in [0.29, 0.717) is 23.3 Å². The van der Waals surface area contributed by atoms with Crippen LogP contribution < -0.4 is 4.74 Å². The molecule has 3 rings (SSSR count). The van der Waals surface area contributed by atoms with Gasteiger partial charge in [-0.1, -0.05) is 6.07 Å². The van der Waals surface area contributed by atoms with Crippen LogP contribution >= 0.6 is 11.8 Å². The third-order valence-corrected chi connectivity index (χ3v) is 4.89. The van der Waals surface area contributed by atoms with Crippen LogP contribution in [0.25, 0.3) is 0 Å². The Morgan fingerprint density at radius 1 is 1.30 bits per heavy atom. The van der Waals surface area contributed by atoms with Crippen LogP contribution in [0.2, 0.25) is 0 Å². The van der Waals surface area contributed by atoms with Gasteiger partial charge in [0.05, 0.1) is 30.5 Å². The summed E-state index contributed by atoms with van der Waals surface area (Å²) >= 11 is 1.86. The Bertz CT molecular complexity index is 778. The highest BCUT2D eigenvalue weighted by Gasteiger charge is 2.20. The number of aliphatic hydroxyl groups excluding tert-OH is 1. The first-order chi connectivity index (χ1) is 13.1. The highest BCUT2D eigenvalue weighted by atomic mass is 32.2. The van der Waals surface area contributed by atoms with Gasteiger partial charge in [0, 0.05) is 30.8 Å². The summed E-state index contributed by atoms with van der Waals surface area (Å²) < 4.78 is 4.83. The number of benzene rings is 1. The molecule has 1 saturated heterocycles. The van der Waals surface area contributed by atoms with Crippen molar-refractivity contribution in [3.8, 4) is 11.5 Å². The first-order valence-electron chi connectivity index (χ1n) is 8.35. The number of thioether (sulfide) groups is 1. The zero-order valence-electron chi connectivity index (χ0n) is 15.0. The minimum Gasteiger partial charge on any atom is -0.507 e. The zero-order chi connectivity index (χ0) is 19.6. The maximum Gasteiger partial charge on any atom is 0.255 e. The number of methoxy groups -OCH3 is 1. The summed E-state index contributed by atoms with van der Waals surface area (Å²) in [5.74, 6) is 2.29. The second-order valence-corrected chi connectivity index (χ2v) is 6.80. The van der Waals surface area contributed by atoms with Gasteiger partial charge in [0.25, 0.3) is 5.91 Å². The van der Waals surface area contributed by atoms with Gasteiger partial charge in [0.1, 0.15) is 11.5 Å². The molecule has 2 N–H and O–H groups in total. The van der Waals surface area contributed by atoms with E-state index in [-0.39, 0.29) is 23.8 Å². The Hall–Kier alpha value is -2.58. The number of amides is 1. The van der Waals surface area contributed by atoms with Crippen molar-refractivity contribution in [2.24, 2.45) is 0 Å². The number of phenols is 1. The number of aldehydes is 1. The van der Waals surface area contributed by atoms with Gasteiger partial charge in [-0.2, -0.15) is 11.8 Å². The molecule has 144 valence electrons. The Balaban J connectivity index is 0.000000208. The average molecular weight is 390 g/mol. The monoisotopic (exact) mass is 390 g/mol. The summed E-state index contributed by atoms with van der Waals surface area (Å²) in [6.07, 6.45) is 2.16. The molecule has 27 heavy (non-hydrogen) atoms. The summed E-state index contributed by atoms with van der Waals surface area (Å²) in [7, 11) is 1.45. The van der Waals surface area contributed by atoms with Crippen molar-refractivity contribution in [2.75, 3.05) is 31.7 Å². The number of aliphatic hydroxyl groups is 1. The van der Waals surface area contributed by atoms with Crippen molar-refractivity contribution >= 4 is 24.0 Å². The molecular weight excluding hydrogens is 368 g/mol. The van der Waals surface area contributed by atoms with Gasteiger partial charge in [-0.05, 0) is 24.3 Å². The summed E-state index contributed by atoms with van der Waals surface area (Å²) in [6.45, 7) is 1.37. The molecule has 2 heterocycles. The fraction of sp³-hybridized carbons (Fsp3) is 0.316. The number of aromatic nitrogens is 1. The zero-order valence-corrected chi connectivity index (χ0v) is 15.8. The van der Waals surface area contributed by atoms with Gasteiger partial charge >= 0.3 is 0 Å². The molecule has 7 nitrogen and oxygen atoms in total. The number of ether oxygens (including phenoxy) is 1. The summed E-state index contributed by atoms with van der Waals surface area (Å²) in [5.41, 5.74) is 1.18. The lowest BCUT2D eigenvalue weighted by Crippen LogP contribution is -2.38. The second kappa shape index (κ2) is 10.5. The molecule has 2 aromatic rings. The van der Waals surface area contributed by atoms with Crippen molar-refractivity contribution in [2.45, 2.75) is 6.61 Å². The van der Waals surface area contributed by atoms with Crippen molar-refractivity contribution < 1.29 is 24.5 Å². The number of pyridine rings is 1. The van der Waals surface area contributed by atoms with Crippen molar-refractivity contribution in [3.05, 3.63) is 53.3 Å². The van der Waals surface area contributed by atoms with Crippen molar-refractivity contribution in [3.63, 3.8) is 0 Å². The molecule has 0 bridgehead atoms.